The van der Waals surface area contributed by atoms with Crippen LogP contribution in [0.15, 0.2) is 46.8 Å². The summed E-state index contributed by atoms with van der Waals surface area (Å²) >= 11 is 3.81. The summed E-state index contributed by atoms with van der Waals surface area (Å²) in [7, 11) is 0. The molecule has 1 aliphatic heterocycles. The second-order valence-corrected chi connectivity index (χ2v) is 7.98. The zero-order valence-corrected chi connectivity index (χ0v) is 15.4. The molecule has 0 amide bonds. The lowest BCUT2D eigenvalue weighted by molar-refractivity contribution is 0.854. The highest BCUT2D eigenvalue weighted by molar-refractivity contribution is 7.99. The summed E-state index contributed by atoms with van der Waals surface area (Å²) in [5.74, 6) is 2.96. The van der Waals surface area contributed by atoms with Crippen molar-refractivity contribution >= 4 is 34.7 Å². The van der Waals surface area contributed by atoms with Gasteiger partial charge in [0.05, 0.1) is 6.54 Å². The van der Waals surface area contributed by atoms with E-state index in [0.717, 1.165) is 26.1 Å². The number of thiophene rings is 1. The van der Waals surface area contributed by atoms with Crippen LogP contribution in [0.1, 0.15) is 10.4 Å². The molecule has 1 fully saturated rings. The largest absolute Gasteiger partial charge is 0.370 e. The van der Waals surface area contributed by atoms with Gasteiger partial charge in [-0.3, -0.25) is 0 Å². The molecule has 24 heavy (non-hydrogen) atoms. The third kappa shape index (κ3) is 5.18. The van der Waals surface area contributed by atoms with Gasteiger partial charge in [0.1, 0.15) is 0 Å². The molecule has 3 rings (SSSR count). The lowest BCUT2D eigenvalue weighted by atomic mass is 10.2. The fraction of sp³-hybridized carbons (Fsp3) is 0.389. The van der Waals surface area contributed by atoms with Crippen molar-refractivity contribution in [3.8, 4) is 0 Å². The van der Waals surface area contributed by atoms with Gasteiger partial charge in [-0.05, 0) is 35.6 Å². The van der Waals surface area contributed by atoms with Gasteiger partial charge in [-0.25, -0.2) is 4.99 Å². The van der Waals surface area contributed by atoms with E-state index in [1.807, 2.05) is 11.8 Å². The smallest absolute Gasteiger partial charge is 0.188 e. The number of nitrogens with two attached hydrogens (primary N) is 1. The van der Waals surface area contributed by atoms with Crippen molar-refractivity contribution in [3.05, 3.63) is 52.2 Å². The Balaban J connectivity index is 1.44. The van der Waals surface area contributed by atoms with E-state index < -0.39 is 0 Å². The number of anilines is 1. The predicted molar refractivity (Wildman–Crippen MR) is 107 cm³/mol. The van der Waals surface area contributed by atoms with Crippen molar-refractivity contribution in [2.75, 3.05) is 36.0 Å². The van der Waals surface area contributed by atoms with Crippen LogP contribution in [0.2, 0.25) is 0 Å². The second kappa shape index (κ2) is 8.99. The van der Waals surface area contributed by atoms with Crippen LogP contribution >= 0.6 is 23.1 Å². The molecule has 0 saturated carbocycles. The number of guanidine groups is 1. The molecule has 0 spiro atoms. The van der Waals surface area contributed by atoms with E-state index in [9.17, 15) is 0 Å². The van der Waals surface area contributed by atoms with Crippen molar-refractivity contribution in [3.63, 3.8) is 0 Å². The molecule has 0 unspecified atom stereocenters. The molecule has 0 radical (unpaired) electrons. The number of benzene rings is 1. The van der Waals surface area contributed by atoms with Crippen LogP contribution in [0.3, 0.4) is 0 Å². The Kier molecular flexibility index (Phi) is 6.43. The average Bonchev–Trinajstić information content (AvgIpc) is 3.15. The van der Waals surface area contributed by atoms with Crippen molar-refractivity contribution in [2.24, 2.45) is 10.7 Å². The fourth-order valence-electron chi connectivity index (χ4n) is 2.63. The molecule has 1 aromatic heterocycles. The van der Waals surface area contributed by atoms with Crippen LogP contribution in [0.25, 0.3) is 0 Å². The van der Waals surface area contributed by atoms with Gasteiger partial charge >= 0.3 is 0 Å². The summed E-state index contributed by atoms with van der Waals surface area (Å²) in [6.45, 7) is 3.72. The number of thioether (sulfide) groups is 1. The summed E-state index contributed by atoms with van der Waals surface area (Å²) in [6.07, 6.45) is 0.983. The van der Waals surface area contributed by atoms with Crippen LogP contribution in [0, 0.1) is 0 Å². The monoisotopic (exact) mass is 360 g/mol. The van der Waals surface area contributed by atoms with Crippen molar-refractivity contribution in [2.45, 2.75) is 13.0 Å². The molecule has 0 atom stereocenters. The predicted octanol–water partition coefficient (Wildman–Crippen LogP) is 2.95. The fourth-order valence-corrected chi connectivity index (χ4v) is 4.25. The van der Waals surface area contributed by atoms with Crippen LogP contribution in [-0.4, -0.2) is 37.1 Å². The number of rotatable bonds is 6. The van der Waals surface area contributed by atoms with Gasteiger partial charge < -0.3 is 16.0 Å². The molecule has 2 heterocycles. The van der Waals surface area contributed by atoms with Crippen molar-refractivity contribution in [1.82, 2.24) is 5.32 Å². The molecule has 128 valence electrons. The molecule has 0 bridgehead atoms. The highest BCUT2D eigenvalue weighted by Crippen LogP contribution is 2.20. The first-order chi connectivity index (χ1) is 11.8. The topological polar surface area (TPSA) is 53.6 Å². The van der Waals surface area contributed by atoms with Crippen LogP contribution in [0.4, 0.5) is 5.69 Å². The standard InChI is InChI=1S/C18H24N4S2/c19-18(20-8-7-17-2-1-11-24-17)21-14-15-3-5-16(6-4-15)22-9-12-23-13-10-22/h1-6,11H,7-10,12-14H2,(H3,19,20,21). The van der Waals surface area contributed by atoms with Crippen LogP contribution in [0.5, 0.6) is 0 Å². The Labute approximate surface area is 152 Å². The molecule has 1 aliphatic rings. The third-order valence-electron chi connectivity index (χ3n) is 4.00. The summed E-state index contributed by atoms with van der Waals surface area (Å²) in [6, 6.07) is 12.9. The summed E-state index contributed by atoms with van der Waals surface area (Å²) in [4.78, 5) is 8.24. The quantitative estimate of drug-likeness (QED) is 0.614. The summed E-state index contributed by atoms with van der Waals surface area (Å²) < 4.78 is 0. The van der Waals surface area contributed by atoms with E-state index in [1.54, 1.807) is 11.3 Å². The second-order valence-electron chi connectivity index (χ2n) is 5.72. The molecular weight excluding hydrogens is 336 g/mol. The van der Waals surface area contributed by atoms with Gasteiger partial charge in [-0.1, -0.05) is 18.2 Å². The number of aliphatic imine (C=N–C) groups is 1. The minimum atomic E-state index is 0.517. The first kappa shape index (κ1) is 17.2. The SMILES string of the molecule is NC(=NCc1ccc(N2CCSCC2)cc1)NCCc1cccs1. The Morgan fingerprint density at radius 3 is 2.67 bits per heavy atom. The molecule has 4 nitrogen and oxygen atoms in total. The molecule has 2 aromatic rings. The van der Waals surface area contributed by atoms with Crippen LogP contribution in [-0.2, 0) is 13.0 Å². The number of nitrogens with zero attached hydrogens (tertiary/aromatic N) is 2. The van der Waals surface area contributed by atoms with Gasteiger partial charge in [0.25, 0.3) is 0 Å². The lowest BCUT2D eigenvalue weighted by Crippen LogP contribution is -2.33. The van der Waals surface area contributed by atoms with Crippen molar-refractivity contribution < 1.29 is 0 Å². The minimum absolute atomic E-state index is 0.517. The number of hydrogen-bond donors (Lipinski definition) is 2. The Morgan fingerprint density at radius 2 is 1.96 bits per heavy atom. The molecule has 1 aromatic carbocycles. The minimum Gasteiger partial charge on any atom is -0.370 e. The molecule has 6 heteroatoms. The van der Waals surface area contributed by atoms with Crippen LogP contribution < -0.4 is 16.0 Å². The van der Waals surface area contributed by atoms with E-state index >= 15 is 0 Å². The van der Waals surface area contributed by atoms with Gasteiger partial charge in [0.15, 0.2) is 5.96 Å². The summed E-state index contributed by atoms with van der Waals surface area (Å²) in [5.41, 5.74) is 8.44. The lowest BCUT2D eigenvalue weighted by Gasteiger charge is -2.28. The van der Waals surface area contributed by atoms with E-state index in [4.69, 9.17) is 5.73 Å². The third-order valence-corrected chi connectivity index (χ3v) is 5.88. The van der Waals surface area contributed by atoms with Gasteiger partial charge in [0.2, 0.25) is 0 Å². The highest BCUT2D eigenvalue weighted by Gasteiger charge is 2.10. The van der Waals surface area contributed by atoms with E-state index in [2.05, 4.69) is 57.0 Å². The molecular formula is C18H24N4S2. The highest BCUT2D eigenvalue weighted by atomic mass is 32.2. The summed E-state index contributed by atoms with van der Waals surface area (Å²) in [5, 5.41) is 5.27. The van der Waals surface area contributed by atoms with Crippen molar-refractivity contribution in [1.29, 1.82) is 0 Å². The molecule has 3 N–H and O–H groups in total. The first-order valence-electron chi connectivity index (χ1n) is 8.29. The van der Waals surface area contributed by atoms with Gasteiger partial charge in [-0.15, -0.1) is 11.3 Å². The van der Waals surface area contributed by atoms with Gasteiger partial charge in [0, 0.05) is 41.7 Å². The first-order valence-corrected chi connectivity index (χ1v) is 10.3. The molecule has 1 saturated heterocycles. The maximum absolute atomic E-state index is 5.94. The Morgan fingerprint density at radius 1 is 1.17 bits per heavy atom. The van der Waals surface area contributed by atoms with Gasteiger partial charge in [-0.2, -0.15) is 11.8 Å². The maximum atomic E-state index is 5.94. The Hall–Kier alpha value is -1.66. The normalized spacial score (nSPS) is 15.5. The van der Waals surface area contributed by atoms with E-state index in [1.165, 1.54) is 27.6 Å². The van der Waals surface area contributed by atoms with E-state index in [-0.39, 0.29) is 0 Å². The average molecular weight is 361 g/mol. The molecule has 0 aliphatic carbocycles. The Bertz CT molecular complexity index is 632. The zero-order valence-electron chi connectivity index (χ0n) is 13.8. The van der Waals surface area contributed by atoms with E-state index in [0.29, 0.717) is 12.5 Å². The number of hydrogen-bond acceptors (Lipinski definition) is 4. The maximum Gasteiger partial charge on any atom is 0.188 e. The zero-order chi connectivity index (χ0) is 16.6. The number of nitrogens with one attached hydrogen (secondary N) is 1.